The highest BCUT2D eigenvalue weighted by molar-refractivity contribution is 7.94. The smallest absolute Gasteiger partial charge is 0.200 e. The molecular weight excluding hydrogens is 226 g/mol. The third-order valence-electron chi connectivity index (χ3n) is 2.40. The van der Waals surface area contributed by atoms with Crippen LogP contribution in [0.3, 0.4) is 0 Å². The molecule has 2 rings (SSSR count). The van der Waals surface area contributed by atoms with Crippen LogP contribution in [0.15, 0.2) is 28.5 Å². The number of carbonyl (C=O) groups excluding carboxylic acids is 1. The Labute approximate surface area is 93.9 Å². The Kier molecular flexibility index (Phi) is 2.65. The summed E-state index contributed by atoms with van der Waals surface area (Å²) in [6.07, 6.45) is 1.51. The van der Waals surface area contributed by atoms with E-state index in [1.807, 2.05) is 0 Å². The molecule has 84 valence electrons. The zero-order valence-electron chi connectivity index (χ0n) is 8.73. The SMILES string of the molecule is CNCC(=O)c1ccc2c(c1)C=CS2(=O)=O. The van der Waals surface area contributed by atoms with Gasteiger partial charge in [-0.3, -0.25) is 4.79 Å². The molecule has 5 heteroatoms. The molecule has 4 nitrogen and oxygen atoms in total. The van der Waals surface area contributed by atoms with Crippen molar-refractivity contribution in [1.29, 1.82) is 0 Å². The van der Waals surface area contributed by atoms with Crippen molar-refractivity contribution >= 4 is 21.7 Å². The van der Waals surface area contributed by atoms with Crippen molar-refractivity contribution in [1.82, 2.24) is 5.32 Å². The second kappa shape index (κ2) is 3.84. The highest BCUT2D eigenvalue weighted by atomic mass is 32.2. The molecule has 0 fully saturated rings. The number of ketones is 1. The molecule has 1 N–H and O–H groups in total. The minimum Gasteiger partial charge on any atom is -0.313 e. The van der Waals surface area contributed by atoms with E-state index in [1.54, 1.807) is 19.2 Å². The average Bonchev–Trinajstić information content (AvgIpc) is 2.55. The van der Waals surface area contributed by atoms with Gasteiger partial charge in [0.05, 0.1) is 11.4 Å². The largest absolute Gasteiger partial charge is 0.313 e. The molecular formula is C11H11NO3S. The van der Waals surface area contributed by atoms with Crippen molar-refractivity contribution in [2.75, 3.05) is 13.6 Å². The van der Waals surface area contributed by atoms with Gasteiger partial charge in [-0.15, -0.1) is 0 Å². The first-order valence-corrected chi connectivity index (χ1v) is 6.34. The van der Waals surface area contributed by atoms with Crippen molar-refractivity contribution in [2.24, 2.45) is 0 Å². The molecule has 0 unspecified atom stereocenters. The second-order valence-electron chi connectivity index (χ2n) is 3.55. The zero-order chi connectivity index (χ0) is 11.8. The van der Waals surface area contributed by atoms with Crippen molar-refractivity contribution in [3.8, 4) is 0 Å². The van der Waals surface area contributed by atoms with Crippen molar-refractivity contribution in [3.05, 3.63) is 34.7 Å². The van der Waals surface area contributed by atoms with Crippen LogP contribution >= 0.6 is 0 Å². The maximum Gasteiger partial charge on any atom is 0.200 e. The summed E-state index contributed by atoms with van der Waals surface area (Å²) in [6.45, 7) is 0.245. The number of nitrogens with one attached hydrogen (secondary N) is 1. The van der Waals surface area contributed by atoms with Crippen LogP contribution in [-0.2, 0) is 9.84 Å². The van der Waals surface area contributed by atoms with E-state index < -0.39 is 9.84 Å². The van der Waals surface area contributed by atoms with E-state index >= 15 is 0 Å². The molecule has 1 aromatic rings. The van der Waals surface area contributed by atoms with Crippen LogP contribution in [0, 0.1) is 0 Å². The average molecular weight is 237 g/mol. The number of benzene rings is 1. The lowest BCUT2D eigenvalue weighted by Gasteiger charge is -2.03. The highest BCUT2D eigenvalue weighted by Gasteiger charge is 2.21. The molecule has 1 aromatic carbocycles. The summed E-state index contributed by atoms with van der Waals surface area (Å²) in [5.41, 5.74) is 1.11. The number of Topliss-reactive ketones (excluding diaryl/α,β-unsaturated/α-hetero) is 1. The van der Waals surface area contributed by atoms with E-state index in [0.29, 0.717) is 11.1 Å². The van der Waals surface area contributed by atoms with Gasteiger partial charge in [0.15, 0.2) is 15.6 Å². The van der Waals surface area contributed by atoms with Crippen LogP contribution < -0.4 is 5.32 Å². The summed E-state index contributed by atoms with van der Waals surface area (Å²) in [7, 11) is -1.58. The maximum atomic E-state index is 11.6. The van der Waals surface area contributed by atoms with Crippen LogP contribution in [0.2, 0.25) is 0 Å². The van der Waals surface area contributed by atoms with Crippen LogP contribution in [0.5, 0.6) is 0 Å². The molecule has 0 atom stereocenters. The molecule has 0 aliphatic carbocycles. The fraction of sp³-hybridized carbons (Fsp3) is 0.182. The topological polar surface area (TPSA) is 63.2 Å². The molecule has 1 heterocycles. The molecule has 0 bridgehead atoms. The molecule has 1 aliphatic rings. The quantitative estimate of drug-likeness (QED) is 0.791. The Morgan fingerprint density at radius 2 is 2.12 bits per heavy atom. The minimum atomic E-state index is -3.27. The Bertz CT molecular complexity index is 573. The van der Waals surface area contributed by atoms with Crippen LogP contribution in [0.1, 0.15) is 15.9 Å². The van der Waals surface area contributed by atoms with Gasteiger partial charge in [-0.05, 0) is 30.8 Å². The predicted octanol–water partition coefficient (Wildman–Crippen LogP) is 0.847. The molecule has 0 saturated carbocycles. The Balaban J connectivity index is 2.43. The molecule has 0 spiro atoms. The lowest BCUT2D eigenvalue weighted by molar-refractivity contribution is 0.0993. The maximum absolute atomic E-state index is 11.6. The van der Waals surface area contributed by atoms with E-state index in [1.165, 1.54) is 12.1 Å². The number of hydrogen-bond acceptors (Lipinski definition) is 4. The first-order chi connectivity index (χ1) is 7.54. The summed E-state index contributed by atoms with van der Waals surface area (Å²) in [5, 5.41) is 3.92. The number of sulfone groups is 1. The first-order valence-electron chi connectivity index (χ1n) is 4.79. The normalized spacial score (nSPS) is 16.1. The van der Waals surface area contributed by atoms with Gasteiger partial charge in [-0.25, -0.2) is 8.42 Å². The van der Waals surface area contributed by atoms with Gasteiger partial charge < -0.3 is 5.32 Å². The van der Waals surface area contributed by atoms with E-state index in [2.05, 4.69) is 5.32 Å². The standard InChI is InChI=1S/C11H11NO3S/c1-12-7-10(13)8-2-3-11-9(6-8)4-5-16(11,14)15/h2-6,12H,7H2,1H3. The summed E-state index contributed by atoms with van der Waals surface area (Å²) < 4.78 is 23.0. The lowest BCUT2D eigenvalue weighted by Crippen LogP contribution is -2.18. The van der Waals surface area contributed by atoms with Gasteiger partial charge in [0.25, 0.3) is 0 Å². The minimum absolute atomic E-state index is 0.0528. The van der Waals surface area contributed by atoms with Gasteiger partial charge in [-0.2, -0.15) is 0 Å². The molecule has 0 aromatic heterocycles. The van der Waals surface area contributed by atoms with Gasteiger partial charge in [0, 0.05) is 11.0 Å². The molecule has 16 heavy (non-hydrogen) atoms. The van der Waals surface area contributed by atoms with Crippen molar-refractivity contribution in [3.63, 3.8) is 0 Å². The van der Waals surface area contributed by atoms with Crippen molar-refractivity contribution < 1.29 is 13.2 Å². The van der Waals surface area contributed by atoms with Crippen LogP contribution in [0.4, 0.5) is 0 Å². The Hall–Kier alpha value is -1.46. The molecule has 0 radical (unpaired) electrons. The zero-order valence-corrected chi connectivity index (χ0v) is 9.54. The molecule has 0 saturated heterocycles. The van der Waals surface area contributed by atoms with Crippen molar-refractivity contribution in [2.45, 2.75) is 4.90 Å². The Morgan fingerprint density at radius 3 is 2.81 bits per heavy atom. The van der Waals surface area contributed by atoms with Gasteiger partial charge in [0.1, 0.15) is 0 Å². The lowest BCUT2D eigenvalue weighted by atomic mass is 10.1. The second-order valence-corrected chi connectivity index (χ2v) is 5.36. The van der Waals surface area contributed by atoms with Crippen LogP contribution in [0.25, 0.3) is 6.08 Å². The monoisotopic (exact) mass is 237 g/mol. The number of fused-ring (bicyclic) bond motifs is 1. The first kappa shape index (κ1) is 11.0. The fourth-order valence-corrected chi connectivity index (χ4v) is 2.80. The summed E-state index contributed by atoms with van der Waals surface area (Å²) in [4.78, 5) is 11.8. The Morgan fingerprint density at radius 1 is 1.38 bits per heavy atom. The highest BCUT2D eigenvalue weighted by Crippen LogP contribution is 2.27. The van der Waals surface area contributed by atoms with Gasteiger partial charge in [-0.1, -0.05) is 6.07 Å². The summed E-state index contributed by atoms with van der Waals surface area (Å²) in [6, 6.07) is 4.63. The molecule has 0 amide bonds. The predicted molar refractivity (Wildman–Crippen MR) is 60.9 cm³/mol. The van der Waals surface area contributed by atoms with E-state index in [4.69, 9.17) is 0 Å². The van der Waals surface area contributed by atoms with Gasteiger partial charge >= 0.3 is 0 Å². The third-order valence-corrected chi connectivity index (χ3v) is 3.88. The number of carbonyl (C=O) groups is 1. The summed E-state index contributed by atoms with van der Waals surface area (Å²) >= 11 is 0. The van der Waals surface area contributed by atoms with E-state index in [9.17, 15) is 13.2 Å². The van der Waals surface area contributed by atoms with Gasteiger partial charge in [0.2, 0.25) is 0 Å². The number of hydrogen-bond donors (Lipinski definition) is 1. The third kappa shape index (κ3) is 1.79. The number of rotatable bonds is 3. The van der Waals surface area contributed by atoms with E-state index in [0.717, 1.165) is 5.41 Å². The number of likely N-dealkylation sites (N-methyl/N-ethyl adjacent to an activating group) is 1. The molecule has 1 aliphatic heterocycles. The van der Waals surface area contributed by atoms with E-state index in [-0.39, 0.29) is 17.2 Å². The van der Waals surface area contributed by atoms with Crippen LogP contribution in [-0.4, -0.2) is 27.8 Å². The fourth-order valence-electron chi connectivity index (χ4n) is 1.61. The summed E-state index contributed by atoms with van der Waals surface area (Å²) in [5.74, 6) is -0.0528.